The molecule has 1 aliphatic rings. The number of hydrogen-bond acceptors (Lipinski definition) is 3. The second-order valence-electron chi connectivity index (χ2n) is 4.72. The maximum atomic E-state index is 4.63. The minimum Gasteiger partial charge on any atom is -0.317 e. The molecule has 1 aromatic rings. The Bertz CT molecular complexity index is 326. The minimum atomic E-state index is 0.790. The van der Waals surface area contributed by atoms with Gasteiger partial charge in [-0.3, -0.25) is 4.68 Å². The van der Waals surface area contributed by atoms with Crippen LogP contribution in [0.5, 0.6) is 0 Å². The highest BCUT2D eigenvalue weighted by atomic mass is 15.3. The van der Waals surface area contributed by atoms with Crippen LogP contribution in [-0.4, -0.2) is 27.9 Å². The summed E-state index contributed by atoms with van der Waals surface area (Å²) in [6, 6.07) is 0. The third kappa shape index (κ3) is 2.82. The topological polar surface area (TPSA) is 42.7 Å². The van der Waals surface area contributed by atoms with Crippen LogP contribution in [-0.2, 0) is 19.9 Å². The van der Waals surface area contributed by atoms with E-state index in [2.05, 4.69) is 22.3 Å². The van der Waals surface area contributed by atoms with Gasteiger partial charge in [-0.15, -0.1) is 0 Å². The Balaban J connectivity index is 1.96. The summed E-state index contributed by atoms with van der Waals surface area (Å²) in [4.78, 5) is 4.63. The molecule has 0 amide bonds. The molecule has 0 saturated carbocycles. The number of aromatic nitrogens is 3. The smallest absolute Gasteiger partial charge is 0.150 e. The third-order valence-corrected chi connectivity index (χ3v) is 3.30. The van der Waals surface area contributed by atoms with E-state index in [1.165, 1.54) is 12.8 Å². The molecular formula is C12H22N4. The van der Waals surface area contributed by atoms with Crippen LogP contribution in [0.25, 0.3) is 0 Å². The molecule has 0 aliphatic carbocycles. The lowest BCUT2D eigenvalue weighted by Crippen LogP contribution is -2.29. The zero-order valence-corrected chi connectivity index (χ0v) is 10.4. The first kappa shape index (κ1) is 11.6. The molecule has 2 rings (SSSR count). The highest BCUT2D eigenvalue weighted by Crippen LogP contribution is 2.16. The van der Waals surface area contributed by atoms with E-state index in [0.717, 1.165) is 49.9 Å². The van der Waals surface area contributed by atoms with Crippen molar-refractivity contribution in [2.75, 3.05) is 13.1 Å². The lowest BCUT2D eigenvalue weighted by atomic mass is 9.94. The van der Waals surface area contributed by atoms with E-state index in [0.29, 0.717) is 0 Å². The fourth-order valence-corrected chi connectivity index (χ4v) is 2.33. The molecule has 0 unspecified atom stereocenters. The summed E-state index contributed by atoms with van der Waals surface area (Å²) < 4.78 is 1.97. The van der Waals surface area contributed by atoms with Gasteiger partial charge in [0.15, 0.2) is 5.82 Å². The molecule has 0 radical (unpaired) electrons. The van der Waals surface area contributed by atoms with Crippen LogP contribution in [0.1, 0.15) is 37.8 Å². The molecule has 2 heterocycles. The van der Waals surface area contributed by atoms with Crippen LogP contribution in [0.3, 0.4) is 0 Å². The van der Waals surface area contributed by atoms with E-state index in [9.17, 15) is 0 Å². The Labute approximate surface area is 97.5 Å². The van der Waals surface area contributed by atoms with Gasteiger partial charge in [0.1, 0.15) is 5.82 Å². The number of nitrogens with zero attached hydrogens (tertiary/aromatic N) is 3. The largest absolute Gasteiger partial charge is 0.317 e. The fraction of sp³-hybridized carbons (Fsp3) is 0.833. The lowest BCUT2D eigenvalue weighted by Gasteiger charge is -2.21. The van der Waals surface area contributed by atoms with E-state index in [4.69, 9.17) is 0 Å². The van der Waals surface area contributed by atoms with Gasteiger partial charge in [-0.2, -0.15) is 5.10 Å². The Kier molecular flexibility index (Phi) is 3.93. The Morgan fingerprint density at radius 1 is 1.38 bits per heavy atom. The first-order valence-electron chi connectivity index (χ1n) is 6.39. The Morgan fingerprint density at radius 3 is 2.81 bits per heavy atom. The zero-order chi connectivity index (χ0) is 11.4. The molecule has 0 bridgehead atoms. The van der Waals surface area contributed by atoms with Crippen molar-refractivity contribution in [3.63, 3.8) is 0 Å². The zero-order valence-electron chi connectivity index (χ0n) is 10.4. The minimum absolute atomic E-state index is 0.790. The van der Waals surface area contributed by atoms with E-state index in [1.807, 2.05) is 11.7 Å². The summed E-state index contributed by atoms with van der Waals surface area (Å²) in [5, 5.41) is 7.85. The predicted molar refractivity (Wildman–Crippen MR) is 64.3 cm³/mol. The number of rotatable bonds is 4. The molecule has 1 fully saturated rings. The molecule has 1 N–H and O–H groups in total. The summed E-state index contributed by atoms with van der Waals surface area (Å²) in [5.74, 6) is 2.96. The van der Waals surface area contributed by atoms with Crippen LogP contribution in [0.15, 0.2) is 0 Å². The van der Waals surface area contributed by atoms with Gasteiger partial charge in [0.25, 0.3) is 0 Å². The summed E-state index contributed by atoms with van der Waals surface area (Å²) in [6.07, 6.45) is 5.76. The quantitative estimate of drug-likeness (QED) is 0.835. The van der Waals surface area contributed by atoms with Crippen LogP contribution >= 0.6 is 0 Å². The van der Waals surface area contributed by atoms with Gasteiger partial charge < -0.3 is 5.32 Å². The lowest BCUT2D eigenvalue weighted by molar-refractivity contribution is 0.363. The van der Waals surface area contributed by atoms with Crippen molar-refractivity contribution in [2.45, 2.75) is 39.0 Å². The monoisotopic (exact) mass is 222 g/mol. The standard InChI is InChI=1S/C12H22N4/c1-3-4-11-14-12(16(2)15-11)9-10-5-7-13-8-6-10/h10,13H,3-9H2,1-2H3. The first-order chi connectivity index (χ1) is 7.79. The molecule has 0 spiro atoms. The highest BCUT2D eigenvalue weighted by molar-refractivity contribution is 4.95. The molecule has 90 valence electrons. The summed E-state index contributed by atoms with van der Waals surface area (Å²) in [7, 11) is 2.02. The van der Waals surface area contributed by atoms with Crippen molar-refractivity contribution in [2.24, 2.45) is 13.0 Å². The van der Waals surface area contributed by atoms with E-state index in [1.54, 1.807) is 0 Å². The van der Waals surface area contributed by atoms with Gasteiger partial charge in [-0.25, -0.2) is 4.98 Å². The molecule has 0 aromatic carbocycles. The maximum Gasteiger partial charge on any atom is 0.150 e. The third-order valence-electron chi connectivity index (χ3n) is 3.30. The first-order valence-corrected chi connectivity index (χ1v) is 6.39. The molecule has 0 atom stereocenters. The van der Waals surface area contributed by atoms with Crippen molar-refractivity contribution >= 4 is 0 Å². The molecule has 4 heteroatoms. The molecular weight excluding hydrogens is 200 g/mol. The van der Waals surface area contributed by atoms with Gasteiger partial charge in [0, 0.05) is 19.9 Å². The van der Waals surface area contributed by atoms with E-state index < -0.39 is 0 Å². The van der Waals surface area contributed by atoms with Crippen molar-refractivity contribution in [3.05, 3.63) is 11.6 Å². The Morgan fingerprint density at radius 2 is 2.12 bits per heavy atom. The fourth-order valence-electron chi connectivity index (χ4n) is 2.33. The SMILES string of the molecule is CCCc1nc(CC2CCNCC2)n(C)n1. The average molecular weight is 222 g/mol. The summed E-state index contributed by atoms with van der Waals surface area (Å²) in [6.45, 7) is 4.48. The van der Waals surface area contributed by atoms with Crippen LogP contribution in [0.2, 0.25) is 0 Å². The normalized spacial score (nSPS) is 17.9. The van der Waals surface area contributed by atoms with Crippen molar-refractivity contribution < 1.29 is 0 Å². The second-order valence-corrected chi connectivity index (χ2v) is 4.72. The van der Waals surface area contributed by atoms with Gasteiger partial charge in [0.2, 0.25) is 0 Å². The van der Waals surface area contributed by atoms with Crippen molar-refractivity contribution in [1.82, 2.24) is 20.1 Å². The molecule has 1 aromatic heterocycles. The summed E-state index contributed by atoms with van der Waals surface area (Å²) in [5.41, 5.74) is 0. The number of aryl methyl sites for hydroxylation is 2. The van der Waals surface area contributed by atoms with Crippen molar-refractivity contribution in [1.29, 1.82) is 0 Å². The van der Waals surface area contributed by atoms with Gasteiger partial charge >= 0.3 is 0 Å². The van der Waals surface area contributed by atoms with Gasteiger partial charge in [0.05, 0.1) is 0 Å². The number of piperidine rings is 1. The van der Waals surface area contributed by atoms with Gasteiger partial charge in [-0.1, -0.05) is 6.92 Å². The van der Waals surface area contributed by atoms with Gasteiger partial charge in [-0.05, 0) is 38.3 Å². The number of hydrogen-bond donors (Lipinski definition) is 1. The molecule has 1 saturated heterocycles. The highest BCUT2D eigenvalue weighted by Gasteiger charge is 2.16. The van der Waals surface area contributed by atoms with Crippen LogP contribution in [0.4, 0.5) is 0 Å². The van der Waals surface area contributed by atoms with E-state index in [-0.39, 0.29) is 0 Å². The Hall–Kier alpha value is -0.900. The van der Waals surface area contributed by atoms with Crippen LogP contribution < -0.4 is 5.32 Å². The number of nitrogens with one attached hydrogen (secondary N) is 1. The van der Waals surface area contributed by atoms with Crippen LogP contribution in [0, 0.1) is 5.92 Å². The van der Waals surface area contributed by atoms with Crippen molar-refractivity contribution in [3.8, 4) is 0 Å². The van der Waals surface area contributed by atoms with E-state index >= 15 is 0 Å². The molecule has 1 aliphatic heterocycles. The summed E-state index contributed by atoms with van der Waals surface area (Å²) >= 11 is 0. The second kappa shape index (κ2) is 5.43. The predicted octanol–water partition coefficient (Wildman–Crippen LogP) is 1.31. The molecule has 16 heavy (non-hydrogen) atoms. The average Bonchev–Trinajstić information content (AvgIpc) is 2.61. The molecule has 4 nitrogen and oxygen atoms in total. The maximum absolute atomic E-state index is 4.63.